The Morgan fingerprint density at radius 2 is 2.19 bits per heavy atom. The van der Waals surface area contributed by atoms with Crippen LogP contribution < -0.4 is 10.2 Å². The molecule has 1 N–H and O–H groups in total. The molecule has 3 nitrogen and oxygen atoms in total. The molecule has 90 valence electrons. The van der Waals surface area contributed by atoms with Crippen LogP contribution in [-0.4, -0.2) is 25.1 Å². The molecule has 16 heavy (non-hydrogen) atoms. The molecule has 0 amide bonds. The van der Waals surface area contributed by atoms with Gasteiger partial charge in [-0.1, -0.05) is 20.8 Å². The Labute approximate surface area is 98.9 Å². The normalized spacial score (nSPS) is 10.6. The summed E-state index contributed by atoms with van der Waals surface area (Å²) in [6.07, 6.45) is 2.98. The van der Waals surface area contributed by atoms with E-state index in [1.54, 1.807) is 0 Å². The smallest absolute Gasteiger partial charge is 0.127 e. The van der Waals surface area contributed by atoms with Gasteiger partial charge in [0.1, 0.15) is 5.82 Å². The minimum absolute atomic E-state index is 0.671. The van der Waals surface area contributed by atoms with E-state index in [1.165, 1.54) is 5.69 Å². The maximum atomic E-state index is 4.30. The second-order valence-electron chi connectivity index (χ2n) is 4.60. The lowest BCUT2D eigenvalue weighted by molar-refractivity contribution is 0.638. The Bertz CT molecular complexity index is 310. The third kappa shape index (κ3) is 4.09. The molecule has 1 aromatic heterocycles. The van der Waals surface area contributed by atoms with Crippen molar-refractivity contribution in [3.8, 4) is 0 Å². The van der Waals surface area contributed by atoms with E-state index in [2.05, 4.69) is 55.2 Å². The van der Waals surface area contributed by atoms with Crippen LogP contribution in [-0.2, 0) is 0 Å². The van der Waals surface area contributed by atoms with E-state index < -0.39 is 0 Å². The lowest BCUT2D eigenvalue weighted by atomic mass is 10.2. The predicted molar refractivity (Wildman–Crippen MR) is 71.1 cm³/mol. The average Bonchev–Trinajstić information content (AvgIpc) is 2.26. The van der Waals surface area contributed by atoms with Crippen LogP contribution in [0.3, 0.4) is 0 Å². The summed E-state index contributed by atoms with van der Waals surface area (Å²) in [5.74, 6) is 1.64. The fourth-order valence-electron chi connectivity index (χ4n) is 1.66. The largest absolute Gasteiger partial charge is 0.374 e. The number of rotatable bonds is 6. The number of pyridine rings is 1. The highest BCUT2D eigenvalue weighted by atomic mass is 15.1. The highest BCUT2D eigenvalue weighted by molar-refractivity contribution is 5.53. The lowest BCUT2D eigenvalue weighted by Crippen LogP contribution is -2.22. The summed E-state index contributed by atoms with van der Waals surface area (Å²) in [5, 5.41) is 3.31. The first-order valence-corrected chi connectivity index (χ1v) is 6.04. The van der Waals surface area contributed by atoms with E-state index in [1.807, 2.05) is 6.20 Å². The molecule has 0 saturated heterocycles. The summed E-state index contributed by atoms with van der Waals surface area (Å²) >= 11 is 0. The average molecular weight is 221 g/mol. The van der Waals surface area contributed by atoms with Crippen molar-refractivity contribution < 1.29 is 0 Å². The van der Waals surface area contributed by atoms with Crippen molar-refractivity contribution in [3.63, 3.8) is 0 Å². The molecule has 3 heteroatoms. The zero-order valence-electron chi connectivity index (χ0n) is 10.8. The Hall–Kier alpha value is -1.25. The predicted octanol–water partition coefficient (Wildman–Crippen LogP) is 3.00. The van der Waals surface area contributed by atoms with Crippen LogP contribution in [0.4, 0.5) is 11.5 Å². The number of anilines is 2. The fourth-order valence-corrected chi connectivity index (χ4v) is 1.66. The highest BCUT2D eigenvalue weighted by Gasteiger charge is 2.04. The Morgan fingerprint density at radius 3 is 2.81 bits per heavy atom. The van der Waals surface area contributed by atoms with Gasteiger partial charge in [0, 0.05) is 38.1 Å². The third-order valence-corrected chi connectivity index (χ3v) is 2.38. The van der Waals surface area contributed by atoms with Crippen LogP contribution in [0.15, 0.2) is 18.3 Å². The maximum absolute atomic E-state index is 4.30. The third-order valence-electron chi connectivity index (χ3n) is 2.38. The second-order valence-corrected chi connectivity index (χ2v) is 4.60. The Kier molecular flexibility index (Phi) is 5.09. The number of hydrogen-bond donors (Lipinski definition) is 1. The van der Waals surface area contributed by atoms with Gasteiger partial charge in [-0.15, -0.1) is 0 Å². The monoisotopic (exact) mass is 221 g/mol. The van der Waals surface area contributed by atoms with Crippen molar-refractivity contribution in [2.24, 2.45) is 5.92 Å². The highest BCUT2D eigenvalue weighted by Crippen LogP contribution is 2.16. The summed E-state index contributed by atoms with van der Waals surface area (Å²) in [6, 6.07) is 4.16. The van der Waals surface area contributed by atoms with E-state index in [0.717, 1.165) is 25.3 Å². The molecule has 0 atom stereocenters. The molecule has 0 bridgehead atoms. The lowest BCUT2D eigenvalue weighted by Gasteiger charge is -2.21. The van der Waals surface area contributed by atoms with E-state index in [9.17, 15) is 0 Å². The van der Waals surface area contributed by atoms with Crippen LogP contribution in [0.2, 0.25) is 0 Å². The SMILES string of the molecule is CCCNc1cc(N(C)CC(C)C)ccn1. The first-order chi connectivity index (χ1) is 7.63. The van der Waals surface area contributed by atoms with E-state index >= 15 is 0 Å². The number of aromatic nitrogens is 1. The molecule has 0 aliphatic rings. The van der Waals surface area contributed by atoms with Crippen LogP contribution >= 0.6 is 0 Å². The molecule has 0 aliphatic carbocycles. The summed E-state index contributed by atoms with van der Waals surface area (Å²) in [5.41, 5.74) is 1.22. The summed E-state index contributed by atoms with van der Waals surface area (Å²) in [7, 11) is 2.12. The molecule has 1 aromatic rings. The van der Waals surface area contributed by atoms with Crippen molar-refractivity contribution in [2.75, 3.05) is 30.4 Å². The summed E-state index contributed by atoms with van der Waals surface area (Å²) < 4.78 is 0. The minimum Gasteiger partial charge on any atom is -0.374 e. The van der Waals surface area contributed by atoms with Gasteiger partial charge >= 0.3 is 0 Å². The van der Waals surface area contributed by atoms with E-state index in [-0.39, 0.29) is 0 Å². The van der Waals surface area contributed by atoms with Crippen LogP contribution in [0.1, 0.15) is 27.2 Å². The molecule has 0 unspecified atom stereocenters. The zero-order valence-corrected chi connectivity index (χ0v) is 10.8. The first-order valence-electron chi connectivity index (χ1n) is 6.04. The number of hydrogen-bond acceptors (Lipinski definition) is 3. The number of nitrogens with one attached hydrogen (secondary N) is 1. The van der Waals surface area contributed by atoms with Gasteiger partial charge in [-0.3, -0.25) is 0 Å². The fraction of sp³-hybridized carbons (Fsp3) is 0.615. The molecule has 1 rings (SSSR count). The molecule has 0 spiro atoms. The zero-order chi connectivity index (χ0) is 12.0. The topological polar surface area (TPSA) is 28.2 Å². The second kappa shape index (κ2) is 6.36. The van der Waals surface area contributed by atoms with Gasteiger partial charge in [0.25, 0.3) is 0 Å². The van der Waals surface area contributed by atoms with Crippen molar-refractivity contribution in [1.82, 2.24) is 4.98 Å². The quantitative estimate of drug-likeness (QED) is 0.800. The van der Waals surface area contributed by atoms with Gasteiger partial charge in [0.15, 0.2) is 0 Å². The Balaban J connectivity index is 2.65. The summed E-state index contributed by atoms with van der Waals surface area (Å²) in [6.45, 7) is 8.66. The first kappa shape index (κ1) is 12.8. The van der Waals surface area contributed by atoms with Crippen LogP contribution in [0, 0.1) is 5.92 Å². The molecule has 0 aliphatic heterocycles. The van der Waals surface area contributed by atoms with Gasteiger partial charge in [-0.05, 0) is 18.4 Å². The van der Waals surface area contributed by atoms with Crippen LogP contribution in [0.25, 0.3) is 0 Å². The summed E-state index contributed by atoms with van der Waals surface area (Å²) in [4.78, 5) is 6.57. The Morgan fingerprint density at radius 1 is 1.44 bits per heavy atom. The van der Waals surface area contributed by atoms with E-state index in [0.29, 0.717) is 5.92 Å². The van der Waals surface area contributed by atoms with Crippen molar-refractivity contribution in [1.29, 1.82) is 0 Å². The maximum Gasteiger partial charge on any atom is 0.127 e. The van der Waals surface area contributed by atoms with Crippen LogP contribution in [0.5, 0.6) is 0 Å². The molecule has 0 saturated carbocycles. The van der Waals surface area contributed by atoms with E-state index in [4.69, 9.17) is 0 Å². The minimum atomic E-state index is 0.671. The standard InChI is InChI=1S/C13H23N3/c1-5-7-14-13-9-12(6-8-15-13)16(4)10-11(2)3/h6,8-9,11H,5,7,10H2,1-4H3,(H,14,15). The molecular formula is C13H23N3. The van der Waals surface area contributed by atoms with Crippen molar-refractivity contribution in [2.45, 2.75) is 27.2 Å². The number of nitrogens with zero attached hydrogens (tertiary/aromatic N) is 2. The molecule has 0 fully saturated rings. The van der Waals surface area contributed by atoms with Crippen molar-refractivity contribution in [3.05, 3.63) is 18.3 Å². The molecule has 0 aromatic carbocycles. The van der Waals surface area contributed by atoms with Gasteiger partial charge in [0.05, 0.1) is 0 Å². The molecular weight excluding hydrogens is 198 g/mol. The molecule has 0 radical (unpaired) electrons. The van der Waals surface area contributed by atoms with Gasteiger partial charge in [-0.2, -0.15) is 0 Å². The van der Waals surface area contributed by atoms with Gasteiger partial charge in [-0.25, -0.2) is 4.98 Å². The van der Waals surface area contributed by atoms with Gasteiger partial charge in [0.2, 0.25) is 0 Å². The molecule has 1 heterocycles. The van der Waals surface area contributed by atoms with Gasteiger partial charge < -0.3 is 10.2 Å². The van der Waals surface area contributed by atoms with Crippen molar-refractivity contribution >= 4 is 11.5 Å².